The van der Waals surface area contributed by atoms with Crippen LogP contribution in [-0.4, -0.2) is 76.9 Å². The SMILES string of the molecule is CC(=O)N1CCC2=C(C1)C(N1CCCc3cc(-c4cnn(C)c4)c(OC(F)(F)F)cc31)=N[N+]21CCOC1. The fourth-order valence-corrected chi connectivity index (χ4v) is 5.82. The van der Waals surface area contributed by atoms with Gasteiger partial charge >= 0.3 is 6.36 Å². The standard InChI is InChI=1S/C25H28F3N6O3/c1-16(35)32-7-5-22-20(14-32)24(30-34(22)8-9-36-15-34)33-6-3-4-17-10-19(18-12-29-31(2)13-18)23(11-21(17)33)37-25(26,27)28/h10-13H,3-9,14-15H2,1-2H3/q+1. The number of halogens is 3. The van der Waals surface area contributed by atoms with Gasteiger partial charge in [0.05, 0.1) is 18.3 Å². The van der Waals surface area contributed by atoms with Crippen LogP contribution in [0.3, 0.4) is 0 Å². The molecular weight excluding hydrogens is 489 g/mol. The van der Waals surface area contributed by atoms with Gasteiger partial charge in [0.2, 0.25) is 12.6 Å². The van der Waals surface area contributed by atoms with Crippen LogP contribution in [0.25, 0.3) is 11.1 Å². The number of hydrogen-bond donors (Lipinski definition) is 0. The summed E-state index contributed by atoms with van der Waals surface area (Å²) >= 11 is 0. The molecule has 2 aromatic rings. The average molecular weight is 518 g/mol. The summed E-state index contributed by atoms with van der Waals surface area (Å²) in [6.07, 6.45) is 0.570. The lowest BCUT2D eigenvalue weighted by molar-refractivity contribution is -0.895. The second-order valence-electron chi connectivity index (χ2n) is 9.91. The number of benzene rings is 1. The topological polar surface area (TPSA) is 72.2 Å². The van der Waals surface area contributed by atoms with E-state index in [2.05, 4.69) is 9.84 Å². The second kappa shape index (κ2) is 8.59. The van der Waals surface area contributed by atoms with E-state index in [1.165, 1.54) is 12.3 Å². The fraction of sp³-hybridized carbons (Fsp3) is 0.480. The third-order valence-corrected chi connectivity index (χ3v) is 7.53. The highest BCUT2D eigenvalue weighted by atomic mass is 19.4. The lowest BCUT2D eigenvalue weighted by Crippen LogP contribution is -2.43. The van der Waals surface area contributed by atoms with Crippen molar-refractivity contribution in [1.82, 2.24) is 14.7 Å². The van der Waals surface area contributed by atoms with Gasteiger partial charge < -0.3 is 19.3 Å². The van der Waals surface area contributed by atoms with Crippen LogP contribution in [0.15, 0.2) is 40.9 Å². The van der Waals surface area contributed by atoms with Crippen LogP contribution in [0.4, 0.5) is 18.9 Å². The van der Waals surface area contributed by atoms with E-state index in [0.717, 1.165) is 23.3 Å². The van der Waals surface area contributed by atoms with Gasteiger partial charge in [0, 0.05) is 62.6 Å². The molecule has 1 aromatic carbocycles. The first-order valence-electron chi connectivity index (χ1n) is 12.4. The molecular formula is C25H28F3N6O3+. The van der Waals surface area contributed by atoms with Crippen molar-refractivity contribution >= 4 is 17.4 Å². The third-order valence-electron chi connectivity index (χ3n) is 7.53. The predicted octanol–water partition coefficient (Wildman–Crippen LogP) is 3.38. The largest absolute Gasteiger partial charge is 0.573 e. The second-order valence-corrected chi connectivity index (χ2v) is 9.91. The van der Waals surface area contributed by atoms with Gasteiger partial charge in [-0.2, -0.15) is 5.10 Å². The summed E-state index contributed by atoms with van der Waals surface area (Å²) in [4.78, 5) is 16.0. The summed E-state index contributed by atoms with van der Waals surface area (Å²) in [5.41, 5.74) is 4.55. The molecule has 1 unspecified atom stereocenters. The highest BCUT2D eigenvalue weighted by molar-refractivity contribution is 6.12. The van der Waals surface area contributed by atoms with E-state index in [9.17, 15) is 18.0 Å². The smallest absolute Gasteiger partial charge is 0.405 e. The maximum Gasteiger partial charge on any atom is 0.573 e. The number of alkyl halides is 3. The number of rotatable bonds is 2. The number of carbonyl (C=O) groups is 1. The normalized spacial score (nSPS) is 23.4. The van der Waals surface area contributed by atoms with Crippen molar-refractivity contribution in [2.45, 2.75) is 32.5 Å². The summed E-state index contributed by atoms with van der Waals surface area (Å²) in [6, 6.07) is 3.25. The van der Waals surface area contributed by atoms with Crippen molar-refractivity contribution in [3.8, 4) is 16.9 Å². The molecule has 1 spiro atoms. The van der Waals surface area contributed by atoms with Crippen molar-refractivity contribution < 1.29 is 32.0 Å². The summed E-state index contributed by atoms with van der Waals surface area (Å²) in [7, 11) is 1.72. The zero-order valence-electron chi connectivity index (χ0n) is 20.7. The van der Waals surface area contributed by atoms with Crippen LogP contribution < -0.4 is 9.64 Å². The number of ether oxygens (including phenoxy) is 2. The molecule has 12 heteroatoms. The summed E-state index contributed by atoms with van der Waals surface area (Å²) in [6.45, 7) is 4.90. The van der Waals surface area contributed by atoms with Crippen LogP contribution in [0.5, 0.6) is 5.75 Å². The lowest BCUT2D eigenvalue weighted by atomic mass is 9.95. The van der Waals surface area contributed by atoms with Gasteiger partial charge in [-0.1, -0.05) is 5.10 Å². The maximum absolute atomic E-state index is 13.5. The Balaban J connectivity index is 1.47. The molecule has 0 bridgehead atoms. The van der Waals surface area contributed by atoms with E-state index in [1.54, 1.807) is 35.8 Å². The molecule has 1 aromatic heterocycles. The first kappa shape index (κ1) is 24.0. The fourth-order valence-electron chi connectivity index (χ4n) is 5.82. The number of anilines is 1. The Bertz CT molecular complexity index is 1330. The van der Waals surface area contributed by atoms with Crippen molar-refractivity contribution in [2.75, 3.05) is 44.4 Å². The first-order chi connectivity index (χ1) is 17.6. The first-order valence-corrected chi connectivity index (χ1v) is 12.4. The van der Waals surface area contributed by atoms with Gasteiger partial charge in [0.25, 0.3) is 0 Å². The number of aromatic nitrogens is 2. The number of quaternary nitrogens is 1. The van der Waals surface area contributed by atoms with E-state index < -0.39 is 6.36 Å². The van der Waals surface area contributed by atoms with Gasteiger partial charge in [-0.05, 0) is 24.5 Å². The number of nitrogens with zero attached hydrogens (tertiary/aromatic N) is 6. The molecule has 1 fully saturated rings. The Hall–Kier alpha value is -3.38. The van der Waals surface area contributed by atoms with E-state index in [-0.39, 0.29) is 11.7 Å². The maximum atomic E-state index is 13.5. The van der Waals surface area contributed by atoms with Crippen LogP contribution in [0.2, 0.25) is 0 Å². The quantitative estimate of drug-likeness (QED) is 0.572. The Kier molecular flexibility index (Phi) is 5.57. The summed E-state index contributed by atoms with van der Waals surface area (Å²) < 4.78 is 52.6. The molecule has 1 saturated heterocycles. The van der Waals surface area contributed by atoms with E-state index >= 15 is 0 Å². The molecule has 0 radical (unpaired) electrons. The zero-order valence-corrected chi connectivity index (χ0v) is 20.7. The molecule has 1 atom stereocenters. The Morgan fingerprint density at radius 2 is 2.05 bits per heavy atom. The van der Waals surface area contributed by atoms with Crippen LogP contribution in [0, 0.1) is 0 Å². The van der Waals surface area contributed by atoms with Crippen LogP contribution >= 0.6 is 0 Å². The molecule has 4 aliphatic rings. The Labute approximate surface area is 211 Å². The van der Waals surface area contributed by atoms with E-state index in [1.807, 2.05) is 4.90 Å². The van der Waals surface area contributed by atoms with Crippen LogP contribution in [0.1, 0.15) is 25.3 Å². The molecule has 6 rings (SSSR count). The Morgan fingerprint density at radius 3 is 2.73 bits per heavy atom. The Morgan fingerprint density at radius 1 is 1.22 bits per heavy atom. The van der Waals surface area contributed by atoms with Crippen molar-refractivity contribution in [3.05, 3.63) is 41.4 Å². The van der Waals surface area contributed by atoms with E-state index in [0.29, 0.717) is 79.6 Å². The van der Waals surface area contributed by atoms with Crippen molar-refractivity contribution in [3.63, 3.8) is 0 Å². The molecule has 1 amide bonds. The molecule has 0 saturated carbocycles. The highest BCUT2D eigenvalue weighted by Crippen LogP contribution is 2.44. The number of aryl methyl sites for hydroxylation is 2. The van der Waals surface area contributed by atoms with Crippen LogP contribution in [-0.2, 0) is 23.0 Å². The number of amides is 1. The van der Waals surface area contributed by atoms with Gasteiger partial charge in [0.15, 0.2) is 5.84 Å². The van der Waals surface area contributed by atoms with Crippen molar-refractivity contribution in [1.29, 1.82) is 0 Å². The number of hydrogen-bond acceptors (Lipinski definition) is 6. The molecule has 0 aliphatic carbocycles. The van der Waals surface area contributed by atoms with Crippen molar-refractivity contribution in [2.24, 2.45) is 12.1 Å². The van der Waals surface area contributed by atoms with Gasteiger partial charge in [0.1, 0.15) is 24.6 Å². The number of fused-ring (bicyclic) bond motifs is 2. The monoisotopic (exact) mass is 517 g/mol. The zero-order chi connectivity index (χ0) is 25.9. The van der Waals surface area contributed by atoms with Gasteiger partial charge in [-0.3, -0.25) is 9.48 Å². The minimum absolute atomic E-state index is 0.0111. The molecule has 5 heterocycles. The molecule has 196 valence electrons. The summed E-state index contributed by atoms with van der Waals surface area (Å²) in [5.74, 6) is 0.420. The number of amidine groups is 1. The van der Waals surface area contributed by atoms with Gasteiger partial charge in [-0.25, -0.2) is 0 Å². The molecule has 37 heavy (non-hydrogen) atoms. The predicted molar refractivity (Wildman–Crippen MR) is 128 cm³/mol. The number of carbonyl (C=O) groups excluding carboxylic acids is 1. The average Bonchev–Trinajstić information content (AvgIpc) is 3.57. The molecule has 9 nitrogen and oxygen atoms in total. The minimum Gasteiger partial charge on any atom is -0.405 e. The minimum atomic E-state index is -4.85. The molecule has 0 N–H and O–H groups in total. The van der Waals surface area contributed by atoms with E-state index in [4.69, 9.17) is 9.84 Å². The summed E-state index contributed by atoms with van der Waals surface area (Å²) in [5, 5.41) is 9.26. The third kappa shape index (κ3) is 4.17. The molecule has 4 aliphatic heterocycles. The highest BCUT2D eigenvalue weighted by Gasteiger charge is 2.50. The van der Waals surface area contributed by atoms with Gasteiger partial charge in [-0.15, -0.1) is 17.8 Å². The lowest BCUT2D eigenvalue weighted by Gasteiger charge is -2.33.